The third-order valence-corrected chi connectivity index (χ3v) is 9.76. The number of nitrogens with one attached hydrogen (secondary N) is 2. The number of benzene rings is 2. The lowest BCUT2D eigenvalue weighted by molar-refractivity contribution is 0.229. The van der Waals surface area contributed by atoms with Crippen LogP contribution >= 0.6 is 11.8 Å². The lowest BCUT2D eigenvalue weighted by atomic mass is 10.2. The molecule has 2 N–H and O–H groups in total. The topological polar surface area (TPSA) is 110 Å². The van der Waals surface area contributed by atoms with Crippen molar-refractivity contribution in [3.05, 3.63) is 77.5 Å². The number of nitrogens with zero attached hydrogens (tertiary/aromatic N) is 6. The fourth-order valence-corrected chi connectivity index (χ4v) is 6.89. The highest BCUT2D eigenvalue weighted by Crippen LogP contribution is 2.33. The van der Waals surface area contributed by atoms with Crippen molar-refractivity contribution < 1.29 is 8.42 Å². The Morgan fingerprint density at radius 1 is 0.976 bits per heavy atom. The molecule has 3 heterocycles. The summed E-state index contributed by atoms with van der Waals surface area (Å²) in [5, 5.41) is 11.2. The predicted molar refractivity (Wildman–Crippen MR) is 168 cm³/mol. The molecule has 0 saturated carbocycles. The molecule has 222 valence electrons. The van der Waals surface area contributed by atoms with Crippen molar-refractivity contribution in [1.29, 1.82) is 0 Å². The number of piperazine rings is 1. The van der Waals surface area contributed by atoms with Crippen LogP contribution < -0.4 is 10.2 Å². The molecule has 42 heavy (non-hydrogen) atoms. The molecule has 0 bridgehead atoms. The van der Waals surface area contributed by atoms with Crippen LogP contribution in [0.4, 0.5) is 17.5 Å². The molecular weight excluding hydrogens is 569 g/mol. The maximum absolute atomic E-state index is 13.0. The lowest BCUT2D eigenvalue weighted by Gasteiger charge is -2.36. The van der Waals surface area contributed by atoms with Gasteiger partial charge in [0.05, 0.1) is 10.6 Å². The minimum atomic E-state index is -3.46. The predicted octanol–water partition coefficient (Wildman–Crippen LogP) is 4.37. The molecule has 10 nitrogen and oxygen atoms in total. The van der Waals surface area contributed by atoms with Crippen LogP contribution in [0.25, 0.3) is 0 Å². The van der Waals surface area contributed by atoms with Gasteiger partial charge in [-0.2, -0.15) is 5.10 Å². The molecule has 2 aromatic heterocycles. The SMILES string of the molecule is Cc1cc(Nc2nc(Sc3ccc(S(=O)(=O)Cc4ccccc4)cc3)nc(N3CCN(CCN(C)C)CC3)c2C)n[nH]1. The molecule has 1 saturated heterocycles. The Kier molecular flexibility index (Phi) is 9.47. The summed E-state index contributed by atoms with van der Waals surface area (Å²) < 4.78 is 26.0. The van der Waals surface area contributed by atoms with Crippen LogP contribution in [0.3, 0.4) is 0 Å². The molecule has 0 atom stereocenters. The van der Waals surface area contributed by atoms with Crippen LogP contribution in [0.5, 0.6) is 0 Å². The number of anilines is 3. The van der Waals surface area contributed by atoms with E-state index in [0.29, 0.717) is 21.7 Å². The summed E-state index contributed by atoms with van der Waals surface area (Å²) in [4.78, 5) is 18.0. The highest BCUT2D eigenvalue weighted by atomic mass is 32.2. The summed E-state index contributed by atoms with van der Waals surface area (Å²) in [7, 11) is 0.750. The van der Waals surface area contributed by atoms with Crippen molar-refractivity contribution in [2.75, 3.05) is 63.6 Å². The van der Waals surface area contributed by atoms with Crippen LogP contribution in [0.1, 0.15) is 16.8 Å². The van der Waals surface area contributed by atoms with Crippen molar-refractivity contribution >= 4 is 39.1 Å². The number of hydrogen-bond donors (Lipinski definition) is 2. The average Bonchev–Trinajstić information content (AvgIpc) is 3.38. The summed E-state index contributed by atoms with van der Waals surface area (Å²) >= 11 is 1.41. The van der Waals surface area contributed by atoms with Gasteiger partial charge in [0, 0.05) is 61.5 Å². The summed E-state index contributed by atoms with van der Waals surface area (Å²) in [6, 6.07) is 18.1. The fourth-order valence-electron chi connectivity index (χ4n) is 4.79. The first-order valence-corrected chi connectivity index (χ1v) is 16.5. The zero-order valence-electron chi connectivity index (χ0n) is 24.5. The number of H-pyrrole nitrogens is 1. The van der Waals surface area contributed by atoms with Crippen LogP contribution in [0.15, 0.2) is 75.6 Å². The lowest BCUT2D eigenvalue weighted by Crippen LogP contribution is -2.48. The van der Waals surface area contributed by atoms with E-state index in [1.807, 2.05) is 62.4 Å². The maximum atomic E-state index is 13.0. The Hall–Kier alpha value is -3.45. The van der Waals surface area contributed by atoms with Crippen LogP contribution in [0, 0.1) is 13.8 Å². The molecule has 1 aliphatic heterocycles. The van der Waals surface area contributed by atoms with E-state index in [4.69, 9.17) is 9.97 Å². The third-order valence-electron chi connectivity index (χ3n) is 7.18. The van der Waals surface area contributed by atoms with Gasteiger partial charge in [0.2, 0.25) is 0 Å². The molecule has 0 amide bonds. The van der Waals surface area contributed by atoms with E-state index >= 15 is 0 Å². The van der Waals surface area contributed by atoms with Crippen molar-refractivity contribution in [2.24, 2.45) is 0 Å². The number of rotatable bonds is 11. The van der Waals surface area contributed by atoms with Gasteiger partial charge in [-0.05, 0) is 69.5 Å². The van der Waals surface area contributed by atoms with E-state index in [1.165, 1.54) is 11.8 Å². The van der Waals surface area contributed by atoms with Gasteiger partial charge < -0.3 is 15.1 Å². The average molecular weight is 607 g/mol. The maximum Gasteiger partial charge on any atom is 0.196 e. The highest BCUT2D eigenvalue weighted by Gasteiger charge is 2.23. The molecule has 0 unspecified atom stereocenters. The summed E-state index contributed by atoms with van der Waals surface area (Å²) in [6.07, 6.45) is 0. The molecule has 12 heteroatoms. The number of likely N-dealkylation sites (N-methyl/N-ethyl adjacent to an activating group) is 1. The Bertz CT molecular complexity index is 1580. The molecule has 0 aliphatic carbocycles. The minimum Gasteiger partial charge on any atom is -0.354 e. The van der Waals surface area contributed by atoms with Gasteiger partial charge in [0.1, 0.15) is 11.6 Å². The molecular formula is C30H38N8O2S2. The van der Waals surface area contributed by atoms with Gasteiger partial charge in [-0.3, -0.25) is 10.00 Å². The van der Waals surface area contributed by atoms with Gasteiger partial charge >= 0.3 is 0 Å². The molecule has 0 radical (unpaired) electrons. The van der Waals surface area contributed by atoms with Crippen molar-refractivity contribution in [3.63, 3.8) is 0 Å². The van der Waals surface area contributed by atoms with Gasteiger partial charge in [0.15, 0.2) is 20.8 Å². The minimum absolute atomic E-state index is 0.0329. The summed E-state index contributed by atoms with van der Waals surface area (Å²) in [6.45, 7) is 9.78. The van der Waals surface area contributed by atoms with E-state index in [-0.39, 0.29) is 5.75 Å². The van der Waals surface area contributed by atoms with E-state index < -0.39 is 9.84 Å². The second-order valence-corrected chi connectivity index (χ2v) is 13.8. The molecule has 0 spiro atoms. The van der Waals surface area contributed by atoms with Gasteiger partial charge in [-0.15, -0.1) is 0 Å². The number of aromatic nitrogens is 4. The first kappa shape index (κ1) is 30.0. The van der Waals surface area contributed by atoms with Gasteiger partial charge in [-0.25, -0.2) is 18.4 Å². The van der Waals surface area contributed by atoms with E-state index in [0.717, 1.165) is 66.8 Å². The normalized spacial score (nSPS) is 14.5. The van der Waals surface area contributed by atoms with E-state index in [9.17, 15) is 8.42 Å². The zero-order valence-corrected chi connectivity index (χ0v) is 26.2. The molecule has 4 aromatic rings. The number of aromatic amines is 1. The molecule has 5 rings (SSSR count). The molecule has 1 aliphatic rings. The second-order valence-electron chi connectivity index (χ2n) is 10.8. The first-order valence-electron chi connectivity index (χ1n) is 14.0. The fraction of sp³-hybridized carbons (Fsp3) is 0.367. The van der Waals surface area contributed by atoms with Crippen LogP contribution in [-0.4, -0.2) is 91.7 Å². The Morgan fingerprint density at radius 2 is 1.69 bits per heavy atom. The standard InChI is InChI=1S/C30H38N8O2S2/c1-22-20-27(35-34-22)31-28-23(2)29(38-18-16-37(17-19-38)15-14-36(3)4)33-30(32-28)41-25-10-12-26(13-11-25)42(39,40)21-24-8-6-5-7-9-24/h5-13,20H,14-19,21H2,1-4H3,(H2,31,32,33,34,35). The number of sulfone groups is 1. The van der Waals surface area contributed by atoms with Crippen molar-refractivity contribution in [3.8, 4) is 0 Å². The quantitative estimate of drug-likeness (QED) is 0.239. The monoisotopic (exact) mass is 606 g/mol. The smallest absolute Gasteiger partial charge is 0.196 e. The Morgan fingerprint density at radius 3 is 2.33 bits per heavy atom. The Balaban J connectivity index is 1.36. The van der Waals surface area contributed by atoms with E-state index in [2.05, 4.69) is 44.3 Å². The number of aryl methyl sites for hydroxylation is 1. The molecule has 2 aromatic carbocycles. The second kappa shape index (κ2) is 13.2. The first-order chi connectivity index (χ1) is 20.2. The van der Waals surface area contributed by atoms with Gasteiger partial charge in [-0.1, -0.05) is 30.3 Å². The van der Waals surface area contributed by atoms with Crippen molar-refractivity contribution in [1.82, 2.24) is 30.0 Å². The Labute approximate surface area is 252 Å². The highest BCUT2D eigenvalue weighted by molar-refractivity contribution is 7.99. The summed E-state index contributed by atoms with van der Waals surface area (Å²) in [5.74, 6) is 2.26. The third kappa shape index (κ3) is 7.68. The summed E-state index contributed by atoms with van der Waals surface area (Å²) in [5.41, 5.74) is 2.68. The van der Waals surface area contributed by atoms with Crippen molar-refractivity contribution in [2.45, 2.75) is 34.5 Å². The van der Waals surface area contributed by atoms with Crippen LogP contribution in [0.2, 0.25) is 0 Å². The molecule has 1 fully saturated rings. The van der Waals surface area contributed by atoms with E-state index in [1.54, 1.807) is 12.1 Å². The largest absolute Gasteiger partial charge is 0.354 e. The van der Waals surface area contributed by atoms with Gasteiger partial charge in [0.25, 0.3) is 0 Å². The zero-order chi connectivity index (χ0) is 29.7. The van der Waals surface area contributed by atoms with Crippen LogP contribution in [-0.2, 0) is 15.6 Å². The number of hydrogen-bond acceptors (Lipinski definition) is 10.